The number of hydrogen-bond donors (Lipinski definition) is 1. The van der Waals surface area contributed by atoms with Gasteiger partial charge in [-0.2, -0.15) is 13.2 Å². The molecule has 22 heavy (non-hydrogen) atoms. The van der Waals surface area contributed by atoms with Crippen LogP contribution in [-0.4, -0.2) is 28.8 Å². The summed E-state index contributed by atoms with van der Waals surface area (Å²) in [6.07, 6.45) is -6.95. The Morgan fingerprint density at radius 2 is 1.23 bits per heavy atom. The number of alkyl halides is 3. The van der Waals surface area contributed by atoms with Crippen molar-refractivity contribution in [3.63, 3.8) is 0 Å². The van der Waals surface area contributed by atoms with Crippen LogP contribution in [0.15, 0.2) is 60.7 Å². The monoisotopic (exact) mass is 309 g/mol. The number of benzene rings is 2. The van der Waals surface area contributed by atoms with E-state index in [9.17, 15) is 18.3 Å². The minimum atomic E-state index is -4.61. The van der Waals surface area contributed by atoms with Crippen molar-refractivity contribution in [1.82, 2.24) is 4.90 Å². The van der Waals surface area contributed by atoms with Crippen LogP contribution in [0, 0.1) is 0 Å². The SMILES string of the molecule is O[C@H](CN(Cc1ccccc1)Cc1ccccc1)C(F)(F)F. The Morgan fingerprint density at radius 3 is 1.59 bits per heavy atom. The van der Waals surface area contributed by atoms with E-state index in [1.807, 2.05) is 60.7 Å². The first-order valence-corrected chi connectivity index (χ1v) is 7.00. The van der Waals surface area contributed by atoms with Crippen LogP contribution in [0.1, 0.15) is 11.1 Å². The molecule has 2 rings (SSSR count). The molecular weight excluding hydrogens is 291 g/mol. The van der Waals surface area contributed by atoms with E-state index in [-0.39, 0.29) is 0 Å². The minimum absolute atomic E-state index is 0.350. The molecule has 0 aliphatic rings. The third-order valence-corrected chi connectivity index (χ3v) is 3.31. The maximum atomic E-state index is 12.6. The molecule has 2 aromatic rings. The molecule has 0 aliphatic carbocycles. The minimum Gasteiger partial charge on any atom is -0.382 e. The number of halogens is 3. The van der Waals surface area contributed by atoms with E-state index in [0.29, 0.717) is 13.1 Å². The van der Waals surface area contributed by atoms with E-state index in [2.05, 4.69) is 0 Å². The Hall–Kier alpha value is -1.85. The third-order valence-electron chi connectivity index (χ3n) is 3.31. The van der Waals surface area contributed by atoms with Gasteiger partial charge >= 0.3 is 6.18 Å². The molecule has 0 unspecified atom stereocenters. The van der Waals surface area contributed by atoms with Gasteiger partial charge in [0.15, 0.2) is 6.10 Å². The normalized spacial score (nSPS) is 13.3. The summed E-state index contributed by atoms with van der Waals surface area (Å²) < 4.78 is 37.8. The Morgan fingerprint density at radius 1 is 0.818 bits per heavy atom. The lowest BCUT2D eigenvalue weighted by molar-refractivity contribution is -0.208. The zero-order valence-corrected chi connectivity index (χ0v) is 12.0. The van der Waals surface area contributed by atoms with Crippen molar-refractivity contribution in [2.24, 2.45) is 0 Å². The van der Waals surface area contributed by atoms with Gasteiger partial charge in [-0.25, -0.2) is 0 Å². The van der Waals surface area contributed by atoms with Gasteiger partial charge in [0.25, 0.3) is 0 Å². The predicted molar refractivity (Wildman–Crippen MR) is 79.1 cm³/mol. The first-order chi connectivity index (χ1) is 10.4. The lowest BCUT2D eigenvalue weighted by Crippen LogP contribution is -2.40. The van der Waals surface area contributed by atoms with E-state index in [1.54, 1.807) is 4.90 Å². The predicted octanol–water partition coefficient (Wildman–Crippen LogP) is 3.61. The molecule has 0 radical (unpaired) electrons. The van der Waals surface area contributed by atoms with Crippen molar-refractivity contribution in [3.05, 3.63) is 71.8 Å². The summed E-state index contributed by atoms with van der Waals surface area (Å²) in [6, 6.07) is 18.5. The first-order valence-electron chi connectivity index (χ1n) is 7.00. The highest BCUT2D eigenvalue weighted by Gasteiger charge is 2.39. The van der Waals surface area contributed by atoms with Crippen molar-refractivity contribution in [2.75, 3.05) is 6.54 Å². The van der Waals surface area contributed by atoms with E-state index >= 15 is 0 Å². The molecule has 2 aromatic carbocycles. The Bertz CT molecular complexity index is 516. The highest BCUT2D eigenvalue weighted by Crippen LogP contribution is 2.22. The Labute approximate surface area is 127 Å². The second-order valence-electron chi connectivity index (χ2n) is 5.20. The summed E-state index contributed by atoms with van der Waals surface area (Å²) in [4.78, 5) is 1.60. The number of nitrogens with zero attached hydrogens (tertiary/aromatic N) is 1. The molecule has 1 atom stereocenters. The molecule has 0 spiro atoms. The first kappa shape index (κ1) is 16.5. The highest BCUT2D eigenvalue weighted by atomic mass is 19.4. The lowest BCUT2D eigenvalue weighted by Gasteiger charge is -2.26. The number of aliphatic hydroxyl groups is 1. The lowest BCUT2D eigenvalue weighted by atomic mass is 10.1. The zero-order valence-electron chi connectivity index (χ0n) is 12.0. The molecule has 5 heteroatoms. The van der Waals surface area contributed by atoms with Crippen molar-refractivity contribution in [1.29, 1.82) is 0 Å². The fourth-order valence-electron chi connectivity index (χ4n) is 2.22. The van der Waals surface area contributed by atoms with Gasteiger partial charge in [0.05, 0.1) is 0 Å². The number of rotatable bonds is 6. The summed E-state index contributed by atoms with van der Waals surface area (Å²) in [5, 5.41) is 9.35. The zero-order chi connectivity index (χ0) is 16.0. The van der Waals surface area contributed by atoms with Gasteiger partial charge in [-0.3, -0.25) is 4.90 Å². The fraction of sp³-hybridized carbons (Fsp3) is 0.294. The molecule has 2 nitrogen and oxygen atoms in total. The Kier molecular flexibility index (Phi) is 5.57. The Balaban J connectivity index is 2.09. The maximum absolute atomic E-state index is 12.6. The van der Waals surface area contributed by atoms with Gasteiger partial charge in [0.2, 0.25) is 0 Å². The summed E-state index contributed by atoms with van der Waals surface area (Å²) in [5.74, 6) is 0. The molecule has 0 amide bonds. The summed E-state index contributed by atoms with van der Waals surface area (Å²) in [7, 11) is 0. The molecule has 118 valence electrons. The number of aliphatic hydroxyl groups excluding tert-OH is 1. The average Bonchev–Trinajstić information content (AvgIpc) is 2.48. The molecule has 0 saturated carbocycles. The molecule has 0 heterocycles. The van der Waals surface area contributed by atoms with E-state index < -0.39 is 18.8 Å². The number of hydrogen-bond acceptors (Lipinski definition) is 2. The van der Waals surface area contributed by atoms with Crippen LogP contribution in [0.4, 0.5) is 13.2 Å². The summed E-state index contributed by atoms with van der Waals surface area (Å²) in [5.41, 5.74) is 1.82. The van der Waals surface area contributed by atoms with Crippen molar-refractivity contribution in [2.45, 2.75) is 25.4 Å². The van der Waals surface area contributed by atoms with E-state index in [0.717, 1.165) is 11.1 Å². The molecule has 0 saturated heterocycles. The quantitative estimate of drug-likeness (QED) is 0.881. The molecule has 0 aromatic heterocycles. The molecular formula is C17H18F3NO. The molecule has 0 bridgehead atoms. The second-order valence-corrected chi connectivity index (χ2v) is 5.20. The molecule has 0 aliphatic heterocycles. The fourth-order valence-corrected chi connectivity index (χ4v) is 2.22. The van der Waals surface area contributed by atoms with Crippen LogP contribution in [0.25, 0.3) is 0 Å². The van der Waals surface area contributed by atoms with Gasteiger partial charge in [0.1, 0.15) is 0 Å². The van der Waals surface area contributed by atoms with Crippen LogP contribution in [0.5, 0.6) is 0 Å². The van der Waals surface area contributed by atoms with Gasteiger partial charge < -0.3 is 5.11 Å². The van der Waals surface area contributed by atoms with E-state index in [4.69, 9.17) is 0 Å². The van der Waals surface area contributed by atoms with Crippen LogP contribution >= 0.6 is 0 Å². The average molecular weight is 309 g/mol. The van der Waals surface area contributed by atoms with Crippen LogP contribution < -0.4 is 0 Å². The maximum Gasteiger partial charge on any atom is 0.415 e. The topological polar surface area (TPSA) is 23.5 Å². The van der Waals surface area contributed by atoms with Crippen molar-refractivity contribution < 1.29 is 18.3 Å². The second kappa shape index (κ2) is 7.42. The third kappa shape index (κ3) is 5.16. The standard InChI is InChI=1S/C17H18F3NO/c18-17(19,20)16(22)13-21(11-14-7-3-1-4-8-14)12-15-9-5-2-6-10-15/h1-10,16,22H,11-13H2/t16-/m1/s1. The highest BCUT2D eigenvalue weighted by molar-refractivity contribution is 5.17. The molecule has 1 N–H and O–H groups in total. The van der Waals surface area contributed by atoms with Crippen LogP contribution in [0.3, 0.4) is 0 Å². The van der Waals surface area contributed by atoms with Crippen molar-refractivity contribution >= 4 is 0 Å². The van der Waals surface area contributed by atoms with Gasteiger partial charge in [-0.15, -0.1) is 0 Å². The summed E-state index contributed by atoms with van der Waals surface area (Å²) >= 11 is 0. The van der Waals surface area contributed by atoms with Gasteiger partial charge in [-0.05, 0) is 11.1 Å². The van der Waals surface area contributed by atoms with Gasteiger partial charge in [-0.1, -0.05) is 60.7 Å². The summed E-state index contributed by atoms with van der Waals surface area (Å²) in [6.45, 7) is 0.249. The smallest absolute Gasteiger partial charge is 0.382 e. The molecule has 0 fully saturated rings. The van der Waals surface area contributed by atoms with E-state index in [1.165, 1.54) is 0 Å². The van der Waals surface area contributed by atoms with Crippen LogP contribution in [-0.2, 0) is 13.1 Å². The van der Waals surface area contributed by atoms with Gasteiger partial charge in [0, 0.05) is 19.6 Å². The largest absolute Gasteiger partial charge is 0.415 e. The van der Waals surface area contributed by atoms with Crippen LogP contribution in [0.2, 0.25) is 0 Å². The van der Waals surface area contributed by atoms with Crippen molar-refractivity contribution in [3.8, 4) is 0 Å².